The number of nitrogens with zero attached hydrogens (tertiary/aromatic N) is 2. The van der Waals surface area contributed by atoms with E-state index in [0.29, 0.717) is 23.4 Å². The molecule has 20 heavy (non-hydrogen) atoms. The number of hydrogen-bond donors (Lipinski definition) is 1. The van der Waals surface area contributed by atoms with Crippen LogP contribution in [0, 0.1) is 0 Å². The molecule has 1 heterocycles. The van der Waals surface area contributed by atoms with E-state index in [1.165, 1.54) is 0 Å². The third kappa shape index (κ3) is 3.67. The van der Waals surface area contributed by atoms with E-state index in [2.05, 4.69) is 24.3 Å². The van der Waals surface area contributed by atoms with Gasteiger partial charge in [-0.2, -0.15) is 5.10 Å². The molecule has 0 spiro atoms. The summed E-state index contributed by atoms with van der Waals surface area (Å²) in [5, 5.41) is 8.26. The molecule has 5 heteroatoms. The van der Waals surface area contributed by atoms with Crippen LogP contribution in [0.15, 0.2) is 30.6 Å². The first kappa shape index (κ1) is 14.7. The minimum Gasteiger partial charge on any atom is -0.492 e. The Morgan fingerprint density at radius 2 is 2.20 bits per heavy atom. The second kappa shape index (κ2) is 6.66. The fourth-order valence-corrected chi connectivity index (χ4v) is 2.07. The molecule has 2 aromatic rings. The average Bonchev–Trinajstić information content (AvgIpc) is 2.88. The number of anilines is 1. The van der Waals surface area contributed by atoms with Crippen LogP contribution in [0.25, 0.3) is 0 Å². The number of ether oxygens (including phenoxy) is 1. The second-order valence-electron chi connectivity index (χ2n) is 4.85. The Labute approximate surface area is 124 Å². The van der Waals surface area contributed by atoms with Crippen LogP contribution >= 0.6 is 11.6 Å². The van der Waals surface area contributed by atoms with Crippen LogP contribution in [-0.4, -0.2) is 16.4 Å². The molecule has 4 nitrogen and oxygen atoms in total. The predicted molar refractivity (Wildman–Crippen MR) is 82.6 cm³/mol. The minimum atomic E-state index is 0.378. The first-order chi connectivity index (χ1) is 9.60. The summed E-state index contributed by atoms with van der Waals surface area (Å²) < 4.78 is 7.36. The maximum absolute atomic E-state index is 6.15. The summed E-state index contributed by atoms with van der Waals surface area (Å²) in [6.45, 7) is 7.49. The Bertz CT molecular complexity index is 566. The van der Waals surface area contributed by atoms with E-state index < -0.39 is 0 Å². The van der Waals surface area contributed by atoms with Gasteiger partial charge in [-0.1, -0.05) is 11.6 Å². The van der Waals surface area contributed by atoms with Crippen LogP contribution in [-0.2, 0) is 6.54 Å². The molecule has 108 valence electrons. The van der Waals surface area contributed by atoms with Gasteiger partial charge in [0.05, 0.1) is 17.8 Å². The summed E-state index contributed by atoms with van der Waals surface area (Å²) in [4.78, 5) is 0. The molecule has 0 radical (unpaired) electrons. The fraction of sp³-hybridized carbons (Fsp3) is 0.400. The van der Waals surface area contributed by atoms with Crippen LogP contribution in [0.5, 0.6) is 5.75 Å². The first-order valence-electron chi connectivity index (χ1n) is 6.79. The first-order valence-corrected chi connectivity index (χ1v) is 7.17. The Balaban J connectivity index is 1.98. The van der Waals surface area contributed by atoms with Crippen molar-refractivity contribution in [1.29, 1.82) is 0 Å². The van der Waals surface area contributed by atoms with E-state index in [-0.39, 0.29) is 0 Å². The van der Waals surface area contributed by atoms with Gasteiger partial charge in [-0.3, -0.25) is 4.68 Å². The van der Waals surface area contributed by atoms with Crippen molar-refractivity contribution in [3.63, 3.8) is 0 Å². The van der Waals surface area contributed by atoms with Crippen LogP contribution in [0.1, 0.15) is 32.4 Å². The van der Waals surface area contributed by atoms with E-state index in [4.69, 9.17) is 16.3 Å². The molecule has 1 aromatic carbocycles. The predicted octanol–water partition coefficient (Wildman–Crippen LogP) is 4.13. The van der Waals surface area contributed by atoms with Crippen LogP contribution in [0.4, 0.5) is 5.69 Å². The summed E-state index contributed by atoms with van der Waals surface area (Å²) >= 11 is 6.15. The molecule has 0 amide bonds. The highest BCUT2D eigenvalue weighted by Crippen LogP contribution is 2.27. The normalized spacial score (nSPS) is 10.8. The van der Waals surface area contributed by atoms with Crippen molar-refractivity contribution >= 4 is 17.3 Å². The van der Waals surface area contributed by atoms with E-state index in [0.717, 1.165) is 17.8 Å². The van der Waals surface area contributed by atoms with Gasteiger partial charge in [0, 0.05) is 30.0 Å². The van der Waals surface area contributed by atoms with Crippen molar-refractivity contribution in [3.05, 3.63) is 41.2 Å². The van der Waals surface area contributed by atoms with Gasteiger partial charge in [0.2, 0.25) is 0 Å². The van der Waals surface area contributed by atoms with Crippen molar-refractivity contribution < 1.29 is 4.74 Å². The molecule has 0 aliphatic carbocycles. The molecule has 0 aliphatic rings. The van der Waals surface area contributed by atoms with Gasteiger partial charge in [0.25, 0.3) is 0 Å². The number of nitrogens with one attached hydrogen (secondary N) is 1. The fourth-order valence-electron chi connectivity index (χ4n) is 1.84. The molecular weight excluding hydrogens is 274 g/mol. The molecule has 1 N–H and O–H groups in total. The number of hydrogen-bond acceptors (Lipinski definition) is 3. The maximum Gasteiger partial charge on any atom is 0.138 e. The molecule has 0 saturated carbocycles. The highest BCUT2D eigenvalue weighted by molar-refractivity contribution is 6.32. The Kier molecular flexibility index (Phi) is 4.90. The largest absolute Gasteiger partial charge is 0.492 e. The van der Waals surface area contributed by atoms with Crippen LogP contribution in [0.2, 0.25) is 5.02 Å². The number of benzene rings is 1. The monoisotopic (exact) mass is 293 g/mol. The molecule has 0 unspecified atom stereocenters. The number of halogens is 1. The van der Waals surface area contributed by atoms with Gasteiger partial charge in [0.1, 0.15) is 5.75 Å². The third-order valence-electron chi connectivity index (χ3n) is 2.91. The topological polar surface area (TPSA) is 39.1 Å². The van der Waals surface area contributed by atoms with E-state index in [1.54, 1.807) is 0 Å². The smallest absolute Gasteiger partial charge is 0.138 e. The average molecular weight is 294 g/mol. The van der Waals surface area contributed by atoms with Crippen molar-refractivity contribution in [2.24, 2.45) is 0 Å². The SMILES string of the molecule is CCOc1ccc(NCc2cnn(C(C)C)c2)cc1Cl. The van der Waals surface area contributed by atoms with Crippen LogP contribution < -0.4 is 10.1 Å². The van der Waals surface area contributed by atoms with Gasteiger partial charge >= 0.3 is 0 Å². The molecule has 0 atom stereocenters. The Morgan fingerprint density at radius 1 is 1.40 bits per heavy atom. The standard InChI is InChI=1S/C15H20ClN3O/c1-4-20-15-6-5-13(7-14(15)16)17-8-12-9-18-19(10-12)11(2)3/h5-7,9-11,17H,4,8H2,1-3H3. The van der Waals surface area contributed by atoms with Crippen molar-refractivity contribution in [1.82, 2.24) is 9.78 Å². The lowest BCUT2D eigenvalue weighted by atomic mass is 10.2. The quantitative estimate of drug-likeness (QED) is 0.870. The lowest BCUT2D eigenvalue weighted by Gasteiger charge is -2.09. The third-order valence-corrected chi connectivity index (χ3v) is 3.21. The highest BCUT2D eigenvalue weighted by Gasteiger charge is 2.04. The van der Waals surface area contributed by atoms with E-state index in [1.807, 2.05) is 42.2 Å². The van der Waals surface area contributed by atoms with Crippen molar-refractivity contribution in [2.45, 2.75) is 33.4 Å². The molecular formula is C15H20ClN3O. The van der Waals surface area contributed by atoms with E-state index >= 15 is 0 Å². The Hall–Kier alpha value is -1.68. The van der Waals surface area contributed by atoms with Gasteiger partial charge in [-0.25, -0.2) is 0 Å². The summed E-state index contributed by atoms with van der Waals surface area (Å²) in [7, 11) is 0. The van der Waals surface area contributed by atoms with Crippen molar-refractivity contribution in [3.8, 4) is 5.75 Å². The summed E-state index contributed by atoms with van der Waals surface area (Å²) in [6, 6.07) is 6.10. The zero-order valence-corrected chi connectivity index (χ0v) is 12.8. The number of rotatable bonds is 6. The molecule has 0 bridgehead atoms. The van der Waals surface area contributed by atoms with Gasteiger partial charge < -0.3 is 10.1 Å². The molecule has 0 saturated heterocycles. The van der Waals surface area contributed by atoms with E-state index in [9.17, 15) is 0 Å². The Morgan fingerprint density at radius 3 is 2.80 bits per heavy atom. The van der Waals surface area contributed by atoms with Crippen molar-refractivity contribution in [2.75, 3.05) is 11.9 Å². The molecule has 0 fully saturated rings. The second-order valence-corrected chi connectivity index (χ2v) is 5.26. The lowest BCUT2D eigenvalue weighted by Crippen LogP contribution is -2.01. The maximum atomic E-state index is 6.15. The number of aromatic nitrogens is 2. The minimum absolute atomic E-state index is 0.378. The zero-order chi connectivity index (χ0) is 14.5. The highest BCUT2D eigenvalue weighted by atomic mass is 35.5. The zero-order valence-electron chi connectivity index (χ0n) is 12.1. The summed E-state index contributed by atoms with van der Waals surface area (Å²) in [5.41, 5.74) is 2.11. The summed E-state index contributed by atoms with van der Waals surface area (Å²) in [6.07, 6.45) is 3.93. The van der Waals surface area contributed by atoms with Gasteiger partial charge in [0.15, 0.2) is 0 Å². The molecule has 0 aliphatic heterocycles. The lowest BCUT2D eigenvalue weighted by molar-refractivity contribution is 0.340. The van der Waals surface area contributed by atoms with Crippen LogP contribution in [0.3, 0.4) is 0 Å². The molecule has 1 aromatic heterocycles. The molecule has 2 rings (SSSR count). The van der Waals surface area contributed by atoms with Gasteiger partial charge in [-0.05, 0) is 39.0 Å². The summed E-state index contributed by atoms with van der Waals surface area (Å²) in [5.74, 6) is 0.715. The van der Waals surface area contributed by atoms with Gasteiger partial charge in [-0.15, -0.1) is 0 Å².